The van der Waals surface area contributed by atoms with Crippen LogP contribution in [0.2, 0.25) is 0 Å². The van der Waals surface area contributed by atoms with Gasteiger partial charge in [0.1, 0.15) is 5.69 Å². The summed E-state index contributed by atoms with van der Waals surface area (Å²) < 4.78 is 0. The molecular weight excluding hydrogens is 222 g/mol. The molecule has 1 atom stereocenters. The zero-order valence-corrected chi connectivity index (χ0v) is 9.43. The highest BCUT2D eigenvalue weighted by Gasteiger charge is 2.24. The zero-order chi connectivity index (χ0) is 12.3. The maximum atomic E-state index is 12.0. The van der Waals surface area contributed by atoms with E-state index in [9.17, 15) is 9.59 Å². The summed E-state index contributed by atoms with van der Waals surface area (Å²) in [7, 11) is 0. The van der Waals surface area contributed by atoms with E-state index in [-0.39, 0.29) is 29.7 Å². The van der Waals surface area contributed by atoms with Crippen molar-refractivity contribution in [3.63, 3.8) is 0 Å². The molecule has 0 saturated carbocycles. The van der Waals surface area contributed by atoms with E-state index in [1.807, 2.05) is 0 Å². The van der Waals surface area contributed by atoms with Crippen molar-refractivity contribution in [1.82, 2.24) is 15.1 Å². The molecule has 1 fully saturated rings. The standard InChI is InChI=1S/C11H15N3O3/c15-7-8-2-1-5-14(6-8)11(17)9-3-4-10(16)13-12-9/h3-4,8,15H,1-2,5-7H2,(H,13,16)/t8-/m1/s1. The first-order chi connectivity index (χ1) is 8.20. The molecule has 2 rings (SSSR count). The Morgan fingerprint density at radius 1 is 1.59 bits per heavy atom. The molecule has 6 heteroatoms. The summed E-state index contributed by atoms with van der Waals surface area (Å²) in [5.74, 6) is -0.0464. The molecule has 0 spiro atoms. The summed E-state index contributed by atoms with van der Waals surface area (Å²) in [5, 5.41) is 15.1. The van der Waals surface area contributed by atoms with Gasteiger partial charge in [0.2, 0.25) is 0 Å². The first kappa shape index (κ1) is 11.8. The Morgan fingerprint density at radius 3 is 3.06 bits per heavy atom. The number of carbonyl (C=O) groups is 1. The molecule has 0 aromatic carbocycles. The molecule has 2 N–H and O–H groups in total. The predicted octanol–water partition coefficient (Wildman–Crippen LogP) is -0.386. The fourth-order valence-electron chi connectivity index (χ4n) is 2.02. The number of carbonyl (C=O) groups excluding carboxylic acids is 1. The number of aliphatic hydroxyl groups is 1. The lowest BCUT2D eigenvalue weighted by Crippen LogP contribution is -2.41. The van der Waals surface area contributed by atoms with Gasteiger partial charge in [-0.25, -0.2) is 5.10 Å². The number of likely N-dealkylation sites (tertiary alicyclic amines) is 1. The smallest absolute Gasteiger partial charge is 0.274 e. The summed E-state index contributed by atoms with van der Waals surface area (Å²) in [4.78, 5) is 24.5. The monoisotopic (exact) mass is 237 g/mol. The molecule has 1 aromatic rings. The molecule has 0 aliphatic carbocycles. The van der Waals surface area contributed by atoms with Crippen molar-refractivity contribution in [3.8, 4) is 0 Å². The highest BCUT2D eigenvalue weighted by molar-refractivity contribution is 5.92. The Morgan fingerprint density at radius 2 is 2.41 bits per heavy atom. The number of rotatable bonds is 2. The molecule has 92 valence electrons. The minimum atomic E-state index is -0.326. The lowest BCUT2D eigenvalue weighted by atomic mass is 9.99. The largest absolute Gasteiger partial charge is 0.396 e. The maximum absolute atomic E-state index is 12.0. The van der Waals surface area contributed by atoms with Crippen molar-refractivity contribution in [1.29, 1.82) is 0 Å². The van der Waals surface area contributed by atoms with Gasteiger partial charge >= 0.3 is 0 Å². The normalized spacial score (nSPS) is 20.3. The van der Waals surface area contributed by atoms with Crippen molar-refractivity contribution in [2.45, 2.75) is 12.8 Å². The van der Waals surface area contributed by atoms with Gasteiger partial charge in [0, 0.05) is 25.8 Å². The molecule has 0 radical (unpaired) electrons. The summed E-state index contributed by atoms with van der Waals surface area (Å²) in [6.07, 6.45) is 1.83. The van der Waals surface area contributed by atoms with Crippen LogP contribution in [0.15, 0.2) is 16.9 Å². The first-order valence-corrected chi connectivity index (χ1v) is 5.66. The summed E-state index contributed by atoms with van der Waals surface area (Å²) >= 11 is 0. The van der Waals surface area contributed by atoms with Crippen LogP contribution in [0.5, 0.6) is 0 Å². The molecular formula is C11H15N3O3. The van der Waals surface area contributed by atoms with Crippen molar-refractivity contribution in [2.24, 2.45) is 5.92 Å². The third kappa shape index (κ3) is 2.71. The van der Waals surface area contributed by atoms with Crippen LogP contribution in [-0.2, 0) is 0 Å². The third-order valence-electron chi connectivity index (χ3n) is 2.96. The number of nitrogens with one attached hydrogen (secondary N) is 1. The molecule has 2 heterocycles. The van der Waals surface area contributed by atoms with Crippen molar-refractivity contribution in [3.05, 3.63) is 28.2 Å². The molecule has 0 bridgehead atoms. The average molecular weight is 237 g/mol. The Balaban J connectivity index is 2.09. The maximum Gasteiger partial charge on any atom is 0.274 e. The van der Waals surface area contributed by atoms with Gasteiger partial charge in [-0.15, -0.1) is 0 Å². The van der Waals surface area contributed by atoms with E-state index in [1.165, 1.54) is 12.1 Å². The highest BCUT2D eigenvalue weighted by atomic mass is 16.3. The minimum Gasteiger partial charge on any atom is -0.396 e. The number of amides is 1. The molecule has 1 aliphatic rings. The van der Waals surface area contributed by atoms with Crippen LogP contribution >= 0.6 is 0 Å². The number of H-pyrrole nitrogens is 1. The fourth-order valence-corrected chi connectivity index (χ4v) is 2.02. The average Bonchev–Trinajstić information content (AvgIpc) is 2.39. The van der Waals surface area contributed by atoms with Gasteiger partial charge in [-0.1, -0.05) is 0 Å². The van der Waals surface area contributed by atoms with E-state index in [0.29, 0.717) is 13.1 Å². The van der Waals surface area contributed by atoms with E-state index in [4.69, 9.17) is 5.11 Å². The van der Waals surface area contributed by atoms with E-state index in [1.54, 1.807) is 4.90 Å². The Bertz CT molecular complexity index is 437. The van der Waals surface area contributed by atoms with Gasteiger partial charge in [-0.2, -0.15) is 5.10 Å². The fraction of sp³-hybridized carbons (Fsp3) is 0.545. The number of aromatic amines is 1. The topological polar surface area (TPSA) is 86.3 Å². The molecule has 17 heavy (non-hydrogen) atoms. The van der Waals surface area contributed by atoms with Gasteiger partial charge in [0.05, 0.1) is 0 Å². The first-order valence-electron chi connectivity index (χ1n) is 5.66. The summed E-state index contributed by atoms with van der Waals surface area (Å²) in [5.41, 5.74) is -0.0865. The molecule has 1 amide bonds. The predicted molar refractivity (Wildman–Crippen MR) is 60.6 cm³/mol. The number of hydrogen-bond donors (Lipinski definition) is 2. The van der Waals surface area contributed by atoms with E-state index in [0.717, 1.165) is 12.8 Å². The van der Waals surface area contributed by atoms with Crippen LogP contribution < -0.4 is 5.56 Å². The summed E-state index contributed by atoms with van der Waals surface area (Å²) in [6.45, 7) is 1.33. The molecule has 1 aliphatic heterocycles. The zero-order valence-electron chi connectivity index (χ0n) is 9.43. The Hall–Kier alpha value is -1.69. The van der Waals surface area contributed by atoms with Gasteiger partial charge in [0.25, 0.3) is 11.5 Å². The molecule has 1 saturated heterocycles. The van der Waals surface area contributed by atoms with Gasteiger partial charge in [0.15, 0.2) is 0 Å². The second-order valence-electron chi connectivity index (χ2n) is 4.25. The Labute approximate surface area is 98.3 Å². The van der Waals surface area contributed by atoms with Gasteiger partial charge < -0.3 is 10.0 Å². The second kappa shape index (κ2) is 5.09. The van der Waals surface area contributed by atoms with Gasteiger partial charge in [-0.05, 0) is 24.8 Å². The van der Waals surface area contributed by atoms with Crippen LogP contribution in [-0.4, -0.2) is 45.8 Å². The van der Waals surface area contributed by atoms with Crippen LogP contribution in [0.4, 0.5) is 0 Å². The number of hydrogen-bond acceptors (Lipinski definition) is 4. The van der Waals surface area contributed by atoms with Crippen LogP contribution in [0, 0.1) is 5.92 Å². The number of aromatic nitrogens is 2. The lowest BCUT2D eigenvalue weighted by molar-refractivity contribution is 0.0613. The quantitative estimate of drug-likeness (QED) is 0.733. The number of nitrogens with zero attached hydrogens (tertiary/aromatic N) is 2. The number of piperidine rings is 1. The molecule has 1 aromatic heterocycles. The Kier molecular flexibility index (Phi) is 3.53. The van der Waals surface area contributed by atoms with Crippen molar-refractivity contribution < 1.29 is 9.90 Å². The van der Waals surface area contributed by atoms with E-state index in [2.05, 4.69) is 10.2 Å². The lowest BCUT2D eigenvalue weighted by Gasteiger charge is -2.31. The third-order valence-corrected chi connectivity index (χ3v) is 2.96. The molecule has 6 nitrogen and oxygen atoms in total. The summed E-state index contributed by atoms with van der Waals surface area (Å²) in [6, 6.07) is 2.71. The SMILES string of the molecule is O=C(c1ccc(=O)[nH]n1)N1CCC[C@@H](CO)C1. The van der Waals surface area contributed by atoms with Crippen molar-refractivity contribution >= 4 is 5.91 Å². The minimum absolute atomic E-state index is 0.100. The van der Waals surface area contributed by atoms with Crippen LogP contribution in [0.25, 0.3) is 0 Å². The van der Waals surface area contributed by atoms with Crippen LogP contribution in [0.3, 0.4) is 0 Å². The number of aliphatic hydroxyl groups excluding tert-OH is 1. The van der Waals surface area contributed by atoms with E-state index < -0.39 is 0 Å². The molecule has 0 unspecified atom stereocenters. The van der Waals surface area contributed by atoms with Gasteiger partial charge in [-0.3, -0.25) is 9.59 Å². The second-order valence-corrected chi connectivity index (χ2v) is 4.25. The van der Waals surface area contributed by atoms with Crippen molar-refractivity contribution in [2.75, 3.05) is 19.7 Å². The highest BCUT2D eigenvalue weighted by Crippen LogP contribution is 2.17. The van der Waals surface area contributed by atoms with E-state index >= 15 is 0 Å². The van der Waals surface area contributed by atoms with Crippen LogP contribution in [0.1, 0.15) is 23.3 Å².